The average Bonchev–Trinajstić information content (AvgIpc) is 2.71. The molecule has 0 aromatic rings. The van der Waals surface area contributed by atoms with Gasteiger partial charge in [-0.3, -0.25) is 0 Å². The minimum Gasteiger partial charge on any atom is -0.444 e. The van der Waals surface area contributed by atoms with Crippen LogP contribution in [0.3, 0.4) is 0 Å². The summed E-state index contributed by atoms with van der Waals surface area (Å²) in [5.41, 5.74) is -0.425. The van der Waals surface area contributed by atoms with Gasteiger partial charge in [-0.15, -0.1) is 0 Å². The van der Waals surface area contributed by atoms with Crippen molar-refractivity contribution in [2.75, 3.05) is 6.54 Å². The first-order valence-electron chi connectivity index (χ1n) is 10.5. The number of hydrogen-bond donors (Lipinski definition) is 1. The third kappa shape index (κ3) is 9.48. The molecule has 25 heavy (non-hydrogen) atoms. The first-order chi connectivity index (χ1) is 11.7. The highest BCUT2D eigenvalue weighted by atomic mass is 16.6. The van der Waals surface area contributed by atoms with E-state index >= 15 is 0 Å². The van der Waals surface area contributed by atoms with E-state index in [1.807, 2.05) is 25.7 Å². The van der Waals surface area contributed by atoms with Gasteiger partial charge in [0.2, 0.25) is 0 Å². The lowest BCUT2D eigenvalue weighted by Crippen LogP contribution is -2.46. The summed E-state index contributed by atoms with van der Waals surface area (Å²) in [7, 11) is 0. The van der Waals surface area contributed by atoms with Gasteiger partial charge in [0.25, 0.3) is 0 Å². The second-order valence-corrected chi connectivity index (χ2v) is 8.88. The summed E-state index contributed by atoms with van der Waals surface area (Å²) in [5.74, 6) is 0. The first kappa shape index (κ1) is 22.3. The smallest absolute Gasteiger partial charge is 0.410 e. The van der Waals surface area contributed by atoms with E-state index in [0.717, 1.165) is 25.8 Å². The predicted molar refractivity (Wildman–Crippen MR) is 106 cm³/mol. The van der Waals surface area contributed by atoms with Crippen LogP contribution in [0.25, 0.3) is 0 Å². The van der Waals surface area contributed by atoms with Crippen molar-refractivity contribution in [2.45, 2.75) is 123 Å². The molecule has 0 spiro atoms. The molecule has 1 aliphatic rings. The molecule has 1 heterocycles. The van der Waals surface area contributed by atoms with E-state index in [9.17, 15) is 4.79 Å². The summed E-state index contributed by atoms with van der Waals surface area (Å²) in [4.78, 5) is 14.6. The number of hydrogen-bond acceptors (Lipinski definition) is 3. The third-order valence-electron chi connectivity index (χ3n) is 4.94. The van der Waals surface area contributed by atoms with Crippen LogP contribution >= 0.6 is 0 Å². The van der Waals surface area contributed by atoms with E-state index in [0.29, 0.717) is 18.1 Å². The van der Waals surface area contributed by atoms with Crippen LogP contribution in [0.2, 0.25) is 0 Å². The summed E-state index contributed by atoms with van der Waals surface area (Å²) in [6.45, 7) is 13.5. The lowest BCUT2D eigenvalue weighted by atomic mass is 10.0. The molecule has 0 aliphatic carbocycles. The van der Waals surface area contributed by atoms with Crippen molar-refractivity contribution < 1.29 is 9.53 Å². The maximum Gasteiger partial charge on any atom is 0.410 e. The van der Waals surface area contributed by atoms with E-state index in [-0.39, 0.29) is 6.09 Å². The van der Waals surface area contributed by atoms with E-state index in [1.54, 1.807) is 0 Å². The molecule has 0 aromatic heterocycles. The van der Waals surface area contributed by atoms with Gasteiger partial charge in [-0.05, 0) is 60.3 Å². The number of unbranched alkanes of at least 4 members (excludes halogenated alkanes) is 2. The van der Waals surface area contributed by atoms with Crippen LogP contribution in [-0.2, 0) is 4.74 Å². The Bertz CT molecular complexity index is 379. The standard InChI is InChI=1S/C21H42N2O2/c1-7-8-10-13-17(2)22-18(3)16-19-14-11-9-12-15-23(19)20(24)25-21(4,5)6/h17-19,22H,7-16H2,1-6H3. The van der Waals surface area contributed by atoms with Crippen LogP contribution in [-0.4, -0.2) is 41.3 Å². The van der Waals surface area contributed by atoms with Gasteiger partial charge in [0.1, 0.15) is 5.60 Å². The molecule has 148 valence electrons. The number of amides is 1. The molecule has 4 heteroatoms. The van der Waals surface area contributed by atoms with Gasteiger partial charge >= 0.3 is 6.09 Å². The molecule has 1 fully saturated rings. The molecule has 1 amide bonds. The van der Waals surface area contributed by atoms with E-state index in [1.165, 1.54) is 38.5 Å². The number of carbonyl (C=O) groups is 1. The number of likely N-dealkylation sites (tertiary alicyclic amines) is 1. The van der Waals surface area contributed by atoms with E-state index < -0.39 is 5.60 Å². The molecule has 4 nitrogen and oxygen atoms in total. The SMILES string of the molecule is CCCCCC(C)NC(C)CC1CCCCCN1C(=O)OC(C)(C)C. The molecule has 1 saturated heterocycles. The third-order valence-corrected chi connectivity index (χ3v) is 4.94. The second kappa shape index (κ2) is 11.1. The molecule has 1 N–H and O–H groups in total. The molecule has 3 atom stereocenters. The minimum atomic E-state index is -0.425. The normalized spacial score (nSPS) is 21.5. The van der Waals surface area contributed by atoms with Crippen molar-refractivity contribution in [1.82, 2.24) is 10.2 Å². The molecular formula is C21H42N2O2. The van der Waals surface area contributed by atoms with Crippen molar-refractivity contribution in [3.05, 3.63) is 0 Å². The molecule has 0 radical (unpaired) electrons. The van der Waals surface area contributed by atoms with Gasteiger partial charge in [-0.2, -0.15) is 0 Å². The lowest BCUT2D eigenvalue weighted by Gasteiger charge is -2.34. The molecule has 3 unspecified atom stereocenters. The van der Waals surface area contributed by atoms with Crippen molar-refractivity contribution in [1.29, 1.82) is 0 Å². The number of ether oxygens (including phenoxy) is 1. The summed E-state index contributed by atoms with van der Waals surface area (Å²) in [5, 5.41) is 3.74. The number of carbonyl (C=O) groups excluding carboxylic acids is 1. The van der Waals surface area contributed by atoms with Crippen LogP contribution in [0.5, 0.6) is 0 Å². The van der Waals surface area contributed by atoms with Crippen LogP contribution in [0.4, 0.5) is 4.79 Å². The van der Waals surface area contributed by atoms with Gasteiger partial charge in [0.15, 0.2) is 0 Å². The Hall–Kier alpha value is -0.770. The molecule has 0 bridgehead atoms. The fourth-order valence-electron chi connectivity index (χ4n) is 3.73. The highest BCUT2D eigenvalue weighted by Crippen LogP contribution is 2.23. The Morgan fingerprint density at radius 1 is 1.16 bits per heavy atom. The van der Waals surface area contributed by atoms with Crippen LogP contribution in [0.1, 0.15) is 99.3 Å². The van der Waals surface area contributed by atoms with Crippen LogP contribution in [0, 0.1) is 0 Å². The number of nitrogens with one attached hydrogen (secondary N) is 1. The van der Waals surface area contributed by atoms with Crippen molar-refractivity contribution in [3.8, 4) is 0 Å². The molecule has 1 rings (SSSR count). The van der Waals surface area contributed by atoms with Crippen LogP contribution < -0.4 is 5.32 Å². The highest BCUT2D eigenvalue weighted by Gasteiger charge is 2.30. The van der Waals surface area contributed by atoms with Gasteiger partial charge in [-0.25, -0.2) is 4.79 Å². The zero-order valence-corrected chi connectivity index (χ0v) is 17.6. The highest BCUT2D eigenvalue weighted by molar-refractivity contribution is 5.68. The Morgan fingerprint density at radius 2 is 1.88 bits per heavy atom. The van der Waals surface area contributed by atoms with Gasteiger partial charge in [-0.1, -0.05) is 39.0 Å². The Morgan fingerprint density at radius 3 is 2.52 bits per heavy atom. The van der Waals surface area contributed by atoms with E-state index in [2.05, 4.69) is 26.1 Å². The van der Waals surface area contributed by atoms with Gasteiger partial charge in [0, 0.05) is 24.7 Å². The van der Waals surface area contributed by atoms with E-state index in [4.69, 9.17) is 4.74 Å². The topological polar surface area (TPSA) is 41.6 Å². The van der Waals surface area contributed by atoms with Gasteiger partial charge in [0.05, 0.1) is 0 Å². The molecule has 1 aliphatic heterocycles. The molecule has 0 aromatic carbocycles. The van der Waals surface area contributed by atoms with Crippen molar-refractivity contribution in [2.24, 2.45) is 0 Å². The molecular weight excluding hydrogens is 312 g/mol. The zero-order valence-electron chi connectivity index (χ0n) is 17.6. The fraction of sp³-hybridized carbons (Fsp3) is 0.952. The maximum absolute atomic E-state index is 12.6. The molecule has 0 saturated carbocycles. The number of nitrogens with zero attached hydrogens (tertiary/aromatic N) is 1. The van der Waals surface area contributed by atoms with Gasteiger partial charge < -0.3 is 15.0 Å². The fourth-order valence-corrected chi connectivity index (χ4v) is 3.73. The number of rotatable bonds is 8. The summed E-state index contributed by atoms with van der Waals surface area (Å²) in [6.07, 6.45) is 10.6. The lowest BCUT2D eigenvalue weighted by molar-refractivity contribution is 0.0149. The Kier molecular flexibility index (Phi) is 9.84. The second-order valence-electron chi connectivity index (χ2n) is 8.88. The largest absolute Gasteiger partial charge is 0.444 e. The van der Waals surface area contributed by atoms with Crippen molar-refractivity contribution in [3.63, 3.8) is 0 Å². The minimum absolute atomic E-state index is 0.136. The average molecular weight is 355 g/mol. The van der Waals surface area contributed by atoms with Crippen LogP contribution in [0.15, 0.2) is 0 Å². The summed E-state index contributed by atoms with van der Waals surface area (Å²) in [6, 6.07) is 1.26. The predicted octanol–water partition coefficient (Wildman–Crippen LogP) is 5.50. The quantitative estimate of drug-likeness (QED) is 0.585. The Balaban J connectivity index is 2.56. The Labute approximate surface area is 156 Å². The monoisotopic (exact) mass is 354 g/mol. The maximum atomic E-state index is 12.6. The zero-order chi connectivity index (χ0) is 18.9. The first-order valence-corrected chi connectivity index (χ1v) is 10.5. The van der Waals surface area contributed by atoms with Crippen molar-refractivity contribution >= 4 is 6.09 Å². The summed E-state index contributed by atoms with van der Waals surface area (Å²) < 4.78 is 5.66. The summed E-state index contributed by atoms with van der Waals surface area (Å²) >= 11 is 0.